The molecule has 0 aliphatic rings. The van der Waals surface area contributed by atoms with Crippen LogP contribution >= 0.6 is 48.9 Å². The second kappa shape index (κ2) is 9.14. The minimum Gasteiger partial charge on any atom is -0.448 e. The van der Waals surface area contributed by atoms with E-state index in [9.17, 15) is 9.00 Å². The van der Waals surface area contributed by atoms with Crippen LogP contribution < -0.4 is 5.32 Å². The number of benzene rings is 1. The van der Waals surface area contributed by atoms with Crippen molar-refractivity contribution >= 4 is 73.5 Å². The van der Waals surface area contributed by atoms with Gasteiger partial charge in [-0.3, -0.25) is 0 Å². The van der Waals surface area contributed by atoms with Crippen molar-refractivity contribution in [2.24, 2.45) is 4.36 Å². The lowest BCUT2D eigenvalue weighted by Gasteiger charge is -2.08. The molecular weight excluding hydrogens is 543 g/mol. The maximum Gasteiger partial charge on any atom is 0.442 e. The third-order valence-corrected chi connectivity index (χ3v) is 7.66. The lowest BCUT2D eigenvalue weighted by Crippen LogP contribution is -2.02. The van der Waals surface area contributed by atoms with Crippen LogP contribution in [0.1, 0.15) is 6.92 Å². The van der Waals surface area contributed by atoms with Gasteiger partial charge >= 0.3 is 6.09 Å². The van der Waals surface area contributed by atoms with E-state index in [-0.39, 0.29) is 6.61 Å². The lowest BCUT2D eigenvalue weighted by atomic mass is 10.3. The summed E-state index contributed by atoms with van der Waals surface area (Å²) in [6.07, 6.45) is 2.76. The molecule has 134 valence electrons. The molecule has 2 rings (SSSR count). The highest BCUT2D eigenvalue weighted by atomic mass is 127. The number of carbonyl (C=O) groups is 1. The first-order chi connectivity index (χ1) is 11.9. The Morgan fingerprint density at radius 3 is 2.72 bits per heavy atom. The third kappa shape index (κ3) is 5.79. The van der Waals surface area contributed by atoms with Gasteiger partial charge in [0.25, 0.3) is 0 Å². The molecule has 1 N–H and O–H groups in total. The highest BCUT2D eigenvalue weighted by molar-refractivity contribution is 14.2. The van der Waals surface area contributed by atoms with E-state index in [1.54, 1.807) is 58.6 Å². The molecule has 1 aromatic heterocycles. The van der Waals surface area contributed by atoms with Gasteiger partial charge in [-0.25, -0.2) is 19.0 Å². The van der Waals surface area contributed by atoms with Crippen molar-refractivity contribution in [3.63, 3.8) is 0 Å². The summed E-state index contributed by atoms with van der Waals surface area (Å²) in [5.41, 5.74) is 0.723. The number of ether oxygens (including phenoxy) is 1. The van der Waals surface area contributed by atoms with Crippen molar-refractivity contribution in [1.82, 2.24) is 9.97 Å². The first-order valence-corrected chi connectivity index (χ1v) is 13.0. The van der Waals surface area contributed by atoms with Gasteiger partial charge < -0.3 is 10.1 Å². The van der Waals surface area contributed by atoms with E-state index in [1.807, 2.05) is 6.26 Å². The Kier molecular flexibility index (Phi) is 7.46. The van der Waals surface area contributed by atoms with Crippen LogP contribution in [0.2, 0.25) is 0 Å². The number of nitrogens with one attached hydrogen (secondary N) is 1. The summed E-state index contributed by atoms with van der Waals surface area (Å²) in [7, 11) is 0. The molecule has 0 spiro atoms. The van der Waals surface area contributed by atoms with Crippen LogP contribution in [0.5, 0.6) is 0 Å². The molecule has 0 bridgehead atoms. The Hall–Kier alpha value is -0.920. The number of aromatic nitrogens is 2. The number of hydrogen-bond donors (Lipinski definition) is 1. The van der Waals surface area contributed by atoms with Crippen molar-refractivity contribution in [3.05, 3.63) is 34.9 Å². The van der Waals surface area contributed by atoms with Crippen LogP contribution in [0, 0.1) is 0 Å². The summed E-state index contributed by atoms with van der Waals surface area (Å²) < 4.78 is 21.7. The minimum atomic E-state index is -2.89. The highest BCUT2D eigenvalue weighted by Crippen LogP contribution is 2.26. The molecular formula is C14H14BrIN4O3S2. The molecule has 2 aromatic rings. The fourth-order valence-corrected chi connectivity index (χ4v) is 4.98. The molecule has 0 saturated heterocycles. The normalized spacial score (nSPS) is 13.0. The summed E-state index contributed by atoms with van der Waals surface area (Å²) in [6.45, 7) is -1.04. The summed E-state index contributed by atoms with van der Waals surface area (Å²) >= 11 is 6.54. The van der Waals surface area contributed by atoms with Gasteiger partial charge in [0.2, 0.25) is 5.95 Å². The Balaban J connectivity index is 2.20. The number of thioether (sulfide) groups is 1. The van der Waals surface area contributed by atoms with Gasteiger partial charge in [0.05, 0.1) is 37.2 Å². The number of anilines is 2. The van der Waals surface area contributed by atoms with Crippen LogP contribution in [0.3, 0.4) is 0 Å². The Bertz CT molecular complexity index is 886. The van der Waals surface area contributed by atoms with Gasteiger partial charge in [0.15, 0.2) is 0 Å². The van der Waals surface area contributed by atoms with Crippen molar-refractivity contribution in [2.75, 3.05) is 18.2 Å². The Morgan fingerprint density at radius 2 is 2.12 bits per heavy atom. The van der Waals surface area contributed by atoms with Crippen molar-refractivity contribution in [2.45, 2.75) is 16.8 Å². The van der Waals surface area contributed by atoms with Crippen LogP contribution in [-0.2, 0) is 11.6 Å². The number of nitrogens with zero attached hydrogens (tertiary/aromatic N) is 3. The summed E-state index contributed by atoms with van der Waals surface area (Å²) in [5.74, 6) is 0.451. The van der Waals surface area contributed by atoms with Gasteiger partial charge in [-0.1, -0.05) is 0 Å². The topological polar surface area (TPSA) is 93.5 Å². The molecule has 1 unspecified atom stereocenters. The molecule has 11 heteroatoms. The fraction of sp³-hybridized carbons (Fsp3) is 0.214. The number of carbonyl (C=O) groups excluding carboxylic acids is 1. The number of amides is 1. The Morgan fingerprint density at radius 1 is 1.44 bits per heavy atom. The van der Waals surface area contributed by atoms with Gasteiger partial charge in [-0.05, 0) is 53.4 Å². The maximum atomic E-state index is 12.5. The minimum absolute atomic E-state index is 0.183. The second-order valence-electron chi connectivity index (χ2n) is 4.45. The summed E-state index contributed by atoms with van der Waals surface area (Å²) in [5, 5.41) is 3.89. The Labute approximate surface area is 170 Å². The molecule has 1 heterocycles. The van der Waals surface area contributed by atoms with E-state index in [0.29, 0.717) is 10.8 Å². The standard InChI is InChI=1S/C14H14BrIN4O3S2/c1-3-23-14(21)20-25(16,22)10-6-4-9(5-7-10)18-13-17-8-11(15)12(19-13)24-2/h4-8H,3H2,1-2H3,(H,17,18,19). The van der Waals surface area contributed by atoms with E-state index in [2.05, 4.69) is 35.6 Å². The van der Waals surface area contributed by atoms with Crippen LogP contribution in [0.15, 0.2) is 49.2 Å². The zero-order chi connectivity index (χ0) is 18.4. The third-order valence-electron chi connectivity index (χ3n) is 2.77. The van der Waals surface area contributed by atoms with E-state index in [0.717, 1.165) is 15.2 Å². The molecule has 0 aliphatic heterocycles. The average molecular weight is 557 g/mol. The second-order valence-corrected chi connectivity index (χ2v) is 11.3. The zero-order valence-corrected chi connectivity index (χ0v) is 18.6. The molecule has 25 heavy (non-hydrogen) atoms. The van der Waals surface area contributed by atoms with Gasteiger partial charge in [0, 0.05) is 11.9 Å². The zero-order valence-electron chi connectivity index (χ0n) is 13.2. The van der Waals surface area contributed by atoms with E-state index in [4.69, 9.17) is 4.74 Å². The quantitative estimate of drug-likeness (QED) is 0.239. The maximum absolute atomic E-state index is 12.5. The van der Waals surface area contributed by atoms with Crippen molar-refractivity contribution in [1.29, 1.82) is 0 Å². The molecule has 0 radical (unpaired) electrons. The summed E-state index contributed by atoms with van der Waals surface area (Å²) in [6, 6.07) is 6.71. The van der Waals surface area contributed by atoms with E-state index >= 15 is 0 Å². The van der Waals surface area contributed by atoms with E-state index < -0.39 is 13.0 Å². The average Bonchev–Trinajstić information content (AvgIpc) is 2.57. The molecule has 1 atom stereocenters. The number of hydrogen-bond acceptors (Lipinski definition) is 7. The highest BCUT2D eigenvalue weighted by Gasteiger charge is 2.12. The number of halogens is 2. The lowest BCUT2D eigenvalue weighted by molar-refractivity contribution is 0.164. The van der Waals surface area contributed by atoms with Crippen LogP contribution in [-0.4, -0.2) is 33.1 Å². The molecule has 0 fully saturated rings. The van der Waals surface area contributed by atoms with Crippen LogP contribution in [0.25, 0.3) is 0 Å². The summed E-state index contributed by atoms with van der Waals surface area (Å²) in [4.78, 5) is 20.4. The smallest absolute Gasteiger partial charge is 0.442 e. The molecule has 0 aliphatic carbocycles. The largest absolute Gasteiger partial charge is 0.448 e. The van der Waals surface area contributed by atoms with Crippen molar-refractivity contribution < 1.29 is 13.7 Å². The van der Waals surface area contributed by atoms with Crippen LogP contribution in [0.4, 0.5) is 16.4 Å². The molecule has 0 saturated carbocycles. The first kappa shape index (κ1) is 20.4. The SMILES string of the molecule is CCOC(=O)N=S(=O)(I)c1ccc(Nc2ncc(Br)c(SC)n2)cc1. The molecule has 1 aromatic carbocycles. The van der Waals surface area contributed by atoms with Gasteiger partial charge in [0.1, 0.15) is 11.9 Å². The number of rotatable bonds is 5. The monoisotopic (exact) mass is 556 g/mol. The van der Waals surface area contributed by atoms with Gasteiger partial charge in [-0.2, -0.15) is 0 Å². The fourth-order valence-electron chi connectivity index (χ4n) is 1.69. The molecule has 7 nitrogen and oxygen atoms in total. The van der Waals surface area contributed by atoms with Gasteiger partial charge in [-0.15, -0.1) is 16.1 Å². The predicted octanol–water partition coefficient (Wildman–Crippen LogP) is 5.04. The predicted molar refractivity (Wildman–Crippen MR) is 111 cm³/mol. The van der Waals surface area contributed by atoms with Crippen molar-refractivity contribution in [3.8, 4) is 0 Å². The van der Waals surface area contributed by atoms with E-state index in [1.165, 1.54) is 11.8 Å². The first-order valence-electron chi connectivity index (χ1n) is 6.93. The molecule has 1 amide bonds.